The second-order valence-electron chi connectivity index (χ2n) is 4.39. The summed E-state index contributed by atoms with van der Waals surface area (Å²) >= 11 is 3.39. The molecule has 0 aliphatic rings. The lowest BCUT2D eigenvalue weighted by Gasteiger charge is -2.08. The highest BCUT2D eigenvalue weighted by molar-refractivity contribution is 9.10. The number of methoxy groups -OCH3 is 1. The van der Waals surface area contributed by atoms with E-state index in [4.69, 9.17) is 4.74 Å². The van der Waals surface area contributed by atoms with Gasteiger partial charge in [-0.3, -0.25) is 9.59 Å². The Balaban J connectivity index is 2.35. The van der Waals surface area contributed by atoms with Crippen LogP contribution >= 0.6 is 15.9 Å². The highest BCUT2D eigenvalue weighted by atomic mass is 79.9. The van der Waals surface area contributed by atoms with Crippen LogP contribution in [0.5, 0.6) is 0 Å². The third-order valence-electron chi connectivity index (χ3n) is 2.61. The Hall–Kier alpha value is -1.40. The fourth-order valence-electron chi connectivity index (χ4n) is 1.58. The summed E-state index contributed by atoms with van der Waals surface area (Å²) in [5.74, 6) is -0.608. The highest BCUT2D eigenvalue weighted by Crippen LogP contribution is 2.19. The molecule has 2 amide bonds. The van der Waals surface area contributed by atoms with Gasteiger partial charge >= 0.3 is 0 Å². The monoisotopic (exact) mass is 342 g/mol. The van der Waals surface area contributed by atoms with Gasteiger partial charge in [0.1, 0.15) is 6.42 Å². The minimum Gasteiger partial charge on any atom is -0.385 e. The van der Waals surface area contributed by atoms with E-state index >= 15 is 0 Å². The standard InChI is InChI=1S/C14H19BrN2O3/c1-10-8-11(4-5-12(10)15)17-14(19)9-13(18)16-6-3-7-20-2/h4-5,8H,3,6-7,9H2,1-2H3,(H,16,18)(H,17,19). The molecule has 2 N–H and O–H groups in total. The smallest absolute Gasteiger partial charge is 0.233 e. The number of carbonyl (C=O) groups is 2. The van der Waals surface area contributed by atoms with Crippen molar-refractivity contribution in [1.29, 1.82) is 0 Å². The lowest BCUT2D eigenvalue weighted by atomic mass is 10.2. The second kappa shape index (κ2) is 8.71. The van der Waals surface area contributed by atoms with Crippen molar-refractivity contribution in [2.24, 2.45) is 0 Å². The zero-order chi connectivity index (χ0) is 15.0. The molecule has 1 aromatic carbocycles. The summed E-state index contributed by atoms with van der Waals surface area (Å²) < 4.78 is 5.85. The first-order valence-corrected chi connectivity index (χ1v) is 7.14. The van der Waals surface area contributed by atoms with Crippen LogP contribution in [0.1, 0.15) is 18.4 Å². The summed E-state index contributed by atoms with van der Waals surface area (Å²) in [4.78, 5) is 23.2. The first kappa shape index (κ1) is 16.7. The number of ether oxygens (including phenoxy) is 1. The van der Waals surface area contributed by atoms with Gasteiger partial charge in [-0.25, -0.2) is 0 Å². The van der Waals surface area contributed by atoms with Crippen LogP contribution in [0.15, 0.2) is 22.7 Å². The molecule has 0 saturated carbocycles. The van der Waals surface area contributed by atoms with E-state index in [2.05, 4.69) is 26.6 Å². The van der Waals surface area contributed by atoms with Gasteiger partial charge in [-0.15, -0.1) is 0 Å². The van der Waals surface area contributed by atoms with Gasteiger partial charge in [0.2, 0.25) is 11.8 Å². The van der Waals surface area contributed by atoms with Gasteiger partial charge in [-0.05, 0) is 37.1 Å². The Morgan fingerprint density at radius 2 is 2.05 bits per heavy atom. The molecule has 0 aliphatic heterocycles. The number of hydrogen-bond acceptors (Lipinski definition) is 3. The normalized spacial score (nSPS) is 10.2. The number of anilines is 1. The molecule has 6 heteroatoms. The van der Waals surface area contributed by atoms with Crippen molar-refractivity contribution in [2.75, 3.05) is 25.6 Å². The molecule has 5 nitrogen and oxygen atoms in total. The van der Waals surface area contributed by atoms with Crippen LogP contribution in [0.4, 0.5) is 5.69 Å². The SMILES string of the molecule is COCCCNC(=O)CC(=O)Nc1ccc(Br)c(C)c1. The van der Waals surface area contributed by atoms with Crippen molar-refractivity contribution in [2.45, 2.75) is 19.8 Å². The molecule has 0 heterocycles. The van der Waals surface area contributed by atoms with Gasteiger partial charge in [-0.1, -0.05) is 15.9 Å². The number of benzene rings is 1. The number of aryl methyl sites for hydroxylation is 1. The van der Waals surface area contributed by atoms with Crippen molar-refractivity contribution >= 4 is 33.4 Å². The van der Waals surface area contributed by atoms with E-state index in [1.54, 1.807) is 13.2 Å². The molecule has 1 aromatic rings. The zero-order valence-corrected chi connectivity index (χ0v) is 13.2. The van der Waals surface area contributed by atoms with Crippen LogP contribution in [-0.4, -0.2) is 32.1 Å². The molecule has 0 aliphatic carbocycles. The van der Waals surface area contributed by atoms with Gasteiger partial charge in [0.15, 0.2) is 0 Å². The van der Waals surface area contributed by atoms with E-state index in [0.29, 0.717) is 18.8 Å². The van der Waals surface area contributed by atoms with E-state index in [1.165, 1.54) is 0 Å². The number of hydrogen-bond donors (Lipinski definition) is 2. The lowest BCUT2D eigenvalue weighted by Crippen LogP contribution is -2.29. The molecule has 0 spiro atoms. The first-order chi connectivity index (χ1) is 9.52. The molecule has 0 fully saturated rings. The third kappa shape index (κ3) is 6.16. The Morgan fingerprint density at radius 3 is 2.70 bits per heavy atom. The van der Waals surface area contributed by atoms with Crippen LogP contribution < -0.4 is 10.6 Å². The van der Waals surface area contributed by atoms with Crippen LogP contribution in [-0.2, 0) is 14.3 Å². The number of amides is 2. The van der Waals surface area contributed by atoms with Gasteiger partial charge in [-0.2, -0.15) is 0 Å². The Kier molecular flexibility index (Phi) is 7.25. The molecule has 0 atom stereocenters. The van der Waals surface area contributed by atoms with Crippen LogP contribution in [0.25, 0.3) is 0 Å². The maximum Gasteiger partial charge on any atom is 0.233 e. The molecular formula is C14H19BrN2O3. The van der Waals surface area contributed by atoms with Gasteiger partial charge in [0, 0.05) is 30.4 Å². The summed E-state index contributed by atoms with van der Waals surface area (Å²) in [5.41, 5.74) is 1.70. The minimum absolute atomic E-state index is 0.178. The predicted octanol–water partition coefficient (Wildman–Crippen LogP) is 2.24. The zero-order valence-electron chi connectivity index (χ0n) is 11.7. The molecule has 0 saturated heterocycles. The van der Waals surface area contributed by atoms with E-state index in [0.717, 1.165) is 16.5 Å². The second-order valence-corrected chi connectivity index (χ2v) is 5.24. The summed E-state index contributed by atoms with van der Waals surface area (Å²) in [6, 6.07) is 5.49. The molecule has 110 valence electrons. The van der Waals surface area contributed by atoms with Crippen molar-refractivity contribution in [3.8, 4) is 0 Å². The Labute approximate surface area is 127 Å². The minimum atomic E-state index is -0.323. The van der Waals surface area contributed by atoms with Crippen molar-refractivity contribution in [3.63, 3.8) is 0 Å². The van der Waals surface area contributed by atoms with Gasteiger partial charge in [0.05, 0.1) is 0 Å². The Bertz CT molecular complexity index is 477. The fourth-order valence-corrected chi connectivity index (χ4v) is 1.83. The number of nitrogens with one attached hydrogen (secondary N) is 2. The van der Waals surface area contributed by atoms with Crippen LogP contribution in [0.2, 0.25) is 0 Å². The van der Waals surface area contributed by atoms with Crippen molar-refractivity contribution in [1.82, 2.24) is 5.32 Å². The van der Waals surface area contributed by atoms with Gasteiger partial charge in [0.25, 0.3) is 0 Å². The van der Waals surface area contributed by atoms with Crippen LogP contribution in [0.3, 0.4) is 0 Å². The van der Waals surface area contributed by atoms with Crippen molar-refractivity contribution in [3.05, 3.63) is 28.2 Å². The summed E-state index contributed by atoms with van der Waals surface area (Å²) in [6.07, 6.45) is 0.553. The van der Waals surface area contributed by atoms with Crippen molar-refractivity contribution < 1.29 is 14.3 Å². The highest BCUT2D eigenvalue weighted by Gasteiger charge is 2.09. The predicted molar refractivity (Wildman–Crippen MR) is 81.6 cm³/mol. The maximum atomic E-state index is 11.7. The number of halogens is 1. The molecule has 20 heavy (non-hydrogen) atoms. The molecule has 0 bridgehead atoms. The molecular weight excluding hydrogens is 324 g/mol. The number of rotatable bonds is 7. The maximum absolute atomic E-state index is 11.7. The lowest BCUT2D eigenvalue weighted by molar-refractivity contribution is -0.126. The first-order valence-electron chi connectivity index (χ1n) is 6.34. The largest absolute Gasteiger partial charge is 0.385 e. The average Bonchev–Trinajstić information content (AvgIpc) is 2.39. The van der Waals surface area contributed by atoms with E-state index < -0.39 is 0 Å². The summed E-state index contributed by atoms with van der Waals surface area (Å²) in [7, 11) is 1.61. The number of carbonyl (C=O) groups excluding carboxylic acids is 2. The molecule has 0 unspecified atom stereocenters. The fraction of sp³-hybridized carbons (Fsp3) is 0.429. The van der Waals surface area contributed by atoms with E-state index in [9.17, 15) is 9.59 Å². The molecule has 0 radical (unpaired) electrons. The topological polar surface area (TPSA) is 67.4 Å². The third-order valence-corrected chi connectivity index (χ3v) is 3.50. The average molecular weight is 343 g/mol. The van der Waals surface area contributed by atoms with Crippen LogP contribution in [0, 0.1) is 6.92 Å². The van der Waals surface area contributed by atoms with Gasteiger partial charge < -0.3 is 15.4 Å². The summed E-state index contributed by atoms with van der Waals surface area (Å²) in [6.45, 7) is 3.03. The Morgan fingerprint density at radius 1 is 1.30 bits per heavy atom. The molecule has 1 rings (SSSR count). The van der Waals surface area contributed by atoms with E-state index in [-0.39, 0.29) is 18.2 Å². The quantitative estimate of drug-likeness (QED) is 0.589. The molecule has 0 aromatic heterocycles. The van der Waals surface area contributed by atoms with E-state index in [1.807, 2.05) is 19.1 Å². The summed E-state index contributed by atoms with van der Waals surface area (Å²) in [5, 5.41) is 5.36.